The van der Waals surface area contributed by atoms with Crippen LogP contribution in [0.4, 0.5) is 18.9 Å². The van der Waals surface area contributed by atoms with Gasteiger partial charge in [-0.1, -0.05) is 13.3 Å². The van der Waals surface area contributed by atoms with Crippen LogP contribution in [0.5, 0.6) is 5.75 Å². The molecule has 0 radical (unpaired) electrons. The summed E-state index contributed by atoms with van der Waals surface area (Å²) in [4.78, 5) is 4.05. The zero-order valence-corrected chi connectivity index (χ0v) is 14.1. The minimum atomic E-state index is -4.71. The van der Waals surface area contributed by atoms with E-state index in [1.54, 1.807) is 0 Å². The molecule has 0 bridgehead atoms. The zero-order valence-electron chi connectivity index (χ0n) is 14.1. The highest BCUT2D eigenvalue weighted by atomic mass is 19.4. The Morgan fingerprint density at radius 2 is 1.72 bits per heavy atom. The van der Waals surface area contributed by atoms with Gasteiger partial charge in [-0.25, -0.2) is 0 Å². The van der Waals surface area contributed by atoms with Gasteiger partial charge in [0.25, 0.3) is 0 Å². The minimum Gasteiger partial charge on any atom is -0.406 e. The van der Waals surface area contributed by atoms with Crippen LogP contribution in [0.3, 0.4) is 0 Å². The van der Waals surface area contributed by atoms with Crippen LogP contribution < -0.4 is 15.8 Å². The summed E-state index contributed by atoms with van der Waals surface area (Å²) >= 11 is 0. The quantitative estimate of drug-likeness (QED) is 0.359. The third-order valence-corrected chi connectivity index (χ3v) is 2.89. The summed E-state index contributed by atoms with van der Waals surface area (Å²) in [6.07, 6.45) is -2.58. The second-order valence-electron chi connectivity index (χ2n) is 5.04. The highest BCUT2D eigenvalue weighted by Crippen LogP contribution is 2.23. The van der Waals surface area contributed by atoms with Crippen molar-refractivity contribution in [2.45, 2.75) is 26.1 Å². The van der Waals surface area contributed by atoms with Crippen LogP contribution in [0.25, 0.3) is 0 Å². The van der Waals surface area contributed by atoms with Gasteiger partial charge < -0.3 is 25.3 Å². The van der Waals surface area contributed by atoms with Crippen molar-refractivity contribution in [2.75, 3.05) is 38.3 Å². The molecule has 0 aromatic heterocycles. The maximum absolute atomic E-state index is 12.1. The number of hydrogen-bond acceptors (Lipinski definition) is 4. The van der Waals surface area contributed by atoms with Crippen LogP contribution in [0.1, 0.15) is 19.8 Å². The zero-order chi connectivity index (χ0) is 18.5. The Balaban J connectivity index is 2.20. The summed E-state index contributed by atoms with van der Waals surface area (Å²) in [7, 11) is 0. The molecule has 0 saturated carbocycles. The summed E-state index contributed by atoms with van der Waals surface area (Å²) in [5, 5.41) is 2.77. The van der Waals surface area contributed by atoms with Gasteiger partial charge >= 0.3 is 6.36 Å². The first-order valence-corrected chi connectivity index (χ1v) is 7.99. The van der Waals surface area contributed by atoms with Crippen molar-refractivity contribution in [1.82, 2.24) is 0 Å². The number of anilines is 1. The number of unbranched alkanes of at least 4 members (excludes halogenated alkanes) is 1. The van der Waals surface area contributed by atoms with Gasteiger partial charge in [-0.2, -0.15) is 0 Å². The monoisotopic (exact) mass is 363 g/mol. The maximum atomic E-state index is 12.1. The molecule has 9 heteroatoms. The van der Waals surface area contributed by atoms with Gasteiger partial charge in [-0.05, 0) is 30.7 Å². The van der Waals surface area contributed by atoms with E-state index in [1.165, 1.54) is 24.3 Å². The van der Waals surface area contributed by atoms with Crippen molar-refractivity contribution in [3.05, 3.63) is 24.3 Å². The van der Waals surface area contributed by atoms with Crippen LogP contribution in [0.2, 0.25) is 0 Å². The van der Waals surface area contributed by atoms with E-state index in [-0.39, 0.29) is 11.7 Å². The van der Waals surface area contributed by atoms with Crippen LogP contribution in [-0.4, -0.2) is 45.3 Å². The summed E-state index contributed by atoms with van der Waals surface area (Å²) < 4.78 is 50.6. The van der Waals surface area contributed by atoms with Gasteiger partial charge in [0.05, 0.1) is 26.4 Å². The molecule has 0 amide bonds. The summed E-state index contributed by atoms with van der Waals surface area (Å²) in [5.74, 6) is -0.157. The molecule has 1 rings (SSSR count). The van der Waals surface area contributed by atoms with Crippen molar-refractivity contribution in [1.29, 1.82) is 0 Å². The topological polar surface area (TPSA) is 78.1 Å². The number of aliphatic imine (C=N–C) groups is 1. The first kappa shape index (κ1) is 21.0. The number of rotatable bonds is 11. The van der Waals surface area contributed by atoms with Gasteiger partial charge in [0.1, 0.15) is 5.75 Å². The molecular formula is C16H24F3N3O3. The fraction of sp³-hybridized carbons (Fsp3) is 0.562. The van der Waals surface area contributed by atoms with Crippen molar-refractivity contribution in [3.8, 4) is 5.75 Å². The number of hydrogen-bond donors (Lipinski definition) is 2. The van der Waals surface area contributed by atoms with Crippen LogP contribution in [0.15, 0.2) is 29.3 Å². The maximum Gasteiger partial charge on any atom is 0.573 e. The Morgan fingerprint density at radius 3 is 2.32 bits per heavy atom. The average Bonchev–Trinajstić information content (AvgIpc) is 2.54. The molecule has 3 N–H and O–H groups in total. The van der Waals surface area contributed by atoms with Gasteiger partial charge in [0.15, 0.2) is 5.96 Å². The number of nitrogens with zero attached hydrogens (tertiary/aromatic N) is 1. The first-order valence-electron chi connectivity index (χ1n) is 7.99. The second-order valence-corrected chi connectivity index (χ2v) is 5.04. The van der Waals surface area contributed by atoms with Crippen molar-refractivity contribution < 1.29 is 27.4 Å². The van der Waals surface area contributed by atoms with Gasteiger partial charge in [-0.15, -0.1) is 13.2 Å². The second kappa shape index (κ2) is 11.5. The lowest BCUT2D eigenvalue weighted by atomic mass is 10.3. The highest BCUT2D eigenvalue weighted by Gasteiger charge is 2.30. The molecule has 0 unspecified atom stereocenters. The van der Waals surface area contributed by atoms with E-state index < -0.39 is 6.36 Å². The minimum absolute atomic E-state index is 0.146. The lowest BCUT2D eigenvalue weighted by Gasteiger charge is -2.10. The third-order valence-electron chi connectivity index (χ3n) is 2.89. The lowest BCUT2D eigenvalue weighted by Crippen LogP contribution is -2.23. The fourth-order valence-electron chi connectivity index (χ4n) is 1.73. The lowest BCUT2D eigenvalue weighted by molar-refractivity contribution is -0.274. The molecule has 0 saturated heterocycles. The van der Waals surface area contributed by atoms with Crippen molar-refractivity contribution >= 4 is 11.6 Å². The largest absolute Gasteiger partial charge is 0.573 e. The summed E-state index contributed by atoms with van der Waals surface area (Å²) in [5.41, 5.74) is 6.19. The molecule has 0 aliphatic carbocycles. The van der Waals surface area contributed by atoms with Crippen LogP contribution >= 0.6 is 0 Å². The predicted octanol–water partition coefficient (Wildman–Crippen LogP) is 3.15. The standard InChI is InChI=1S/C16H24F3N3O3/c1-2-3-9-23-11-12-24-10-8-21-15(20)22-13-4-6-14(7-5-13)25-16(17,18)19/h4-7H,2-3,8-12H2,1H3,(H3,20,21,22). The predicted molar refractivity (Wildman–Crippen MR) is 89.8 cm³/mol. The molecular weight excluding hydrogens is 339 g/mol. The van der Waals surface area contributed by atoms with E-state index in [0.717, 1.165) is 19.4 Å². The molecule has 0 heterocycles. The van der Waals surface area contributed by atoms with Gasteiger partial charge in [-0.3, -0.25) is 4.99 Å². The van der Waals surface area contributed by atoms with Crippen LogP contribution in [-0.2, 0) is 9.47 Å². The third kappa shape index (κ3) is 11.2. The van der Waals surface area contributed by atoms with Crippen LogP contribution in [0, 0.1) is 0 Å². The number of nitrogens with one attached hydrogen (secondary N) is 1. The molecule has 0 aliphatic rings. The summed E-state index contributed by atoms with van der Waals surface area (Å²) in [6.45, 7) is 4.64. The molecule has 1 aromatic rings. The average molecular weight is 363 g/mol. The first-order chi connectivity index (χ1) is 11.9. The molecule has 1 aromatic carbocycles. The number of alkyl halides is 3. The van der Waals surface area contributed by atoms with E-state index in [9.17, 15) is 13.2 Å². The van der Waals surface area contributed by atoms with Gasteiger partial charge in [0, 0.05) is 12.3 Å². The fourth-order valence-corrected chi connectivity index (χ4v) is 1.73. The molecule has 0 spiro atoms. The Bertz CT molecular complexity index is 508. The number of ether oxygens (including phenoxy) is 3. The van der Waals surface area contributed by atoms with E-state index in [0.29, 0.717) is 32.1 Å². The summed E-state index contributed by atoms with van der Waals surface area (Å²) in [6, 6.07) is 5.19. The van der Waals surface area contributed by atoms with E-state index in [4.69, 9.17) is 15.2 Å². The number of guanidine groups is 1. The molecule has 142 valence electrons. The molecule has 0 aliphatic heterocycles. The number of benzene rings is 1. The molecule has 0 fully saturated rings. The molecule has 25 heavy (non-hydrogen) atoms. The number of halogens is 3. The van der Waals surface area contributed by atoms with E-state index >= 15 is 0 Å². The normalized spacial score (nSPS) is 12.2. The Kier molecular flexibility index (Phi) is 9.71. The molecule has 6 nitrogen and oxygen atoms in total. The SMILES string of the molecule is CCCCOCCOCCN=C(N)Nc1ccc(OC(F)(F)F)cc1. The molecule has 0 atom stereocenters. The van der Waals surface area contributed by atoms with Crippen molar-refractivity contribution in [3.63, 3.8) is 0 Å². The Labute approximate surface area is 145 Å². The smallest absolute Gasteiger partial charge is 0.406 e. The van der Waals surface area contributed by atoms with E-state index in [2.05, 4.69) is 22.0 Å². The van der Waals surface area contributed by atoms with E-state index in [1.807, 2.05) is 0 Å². The Morgan fingerprint density at radius 1 is 1.08 bits per heavy atom. The number of nitrogens with two attached hydrogens (primary N) is 1. The van der Waals surface area contributed by atoms with Crippen molar-refractivity contribution in [2.24, 2.45) is 10.7 Å². The van der Waals surface area contributed by atoms with Gasteiger partial charge in [0.2, 0.25) is 0 Å². The highest BCUT2D eigenvalue weighted by molar-refractivity contribution is 5.92. The Hall–Kier alpha value is -2.00.